The first-order chi connectivity index (χ1) is 18.2. The SMILES string of the molecule is COc1cccc(CN(C(=O)CC(C)(C)C)C2CC(C(=O)N3CCNCC3)N(C(=O)c3cccnc3)C2)c1. The number of pyridine rings is 1. The maximum atomic E-state index is 13.7. The van der Waals surface area contributed by atoms with Crippen molar-refractivity contribution in [1.29, 1.82) is 0 Å². The van der Waals surface area contributed by atoms with Gasteiger partial charge in [0, 0.05) is 58.1 Å². The Kier molecular flexibility index (Phi) is 8.66. The standard InChI is InChI=1S/C29H39N5O4/c1-29(2,3)17-26(35)33(19-21-7-5-9-24(15-21)38-4)23-16-25(28(37)32-13-11-30-12-14-32)34(20-23)27(36)22-8-6-10-31-18-22/h5-10,15,18,23,25,30H,11-14,16-17,19-20H2,1-4H3. The first-order valence-electron chi connectivity index (χ1n) is 13.3. The zero-order chi connectivity index (χ0) is 27.3. The van der Waals surface area contributed by atoms with Crippen LogP contribution in [0.2, 0.25) is 0 Å². The van der Waals surface area contributed by atoms with Crippen molar-refractivity contribution in [3.05, 3.63) is 59.9 Å². The molecule has 1 N–H and O–H groups in total. The smallest absolute Gasteiger partial charge is 0.256 e. The number of rotatable bonds is 7. The number of carbonyl (C=O) groups excluding carboxylic acids is 3. The maximum absolute atomic E-state index is 13.7. The van der Waals surface area contributed by atoms with Gasteiger partial charge in [-0.1, -0.05) is 32.9 Å². The molecule has 0 aliphatic carbocycles. The molecule has 0 spiro atoms. The van der Waals surface area contributed by atoms with Crippen molar-refractivity contribution in [1.82, 2.24) is 25.0 Å². The predicted molar refractivity (Wildman–Crippen MR) is 145 cm³/mol. The van der Waals surface area contributed by atoms with Gasteiger partial charge < -0.3 is 24.8 Å². The summed E-state index contributed by atoms with van der Waals surface area (Å²) in [6.07, 6.45) is 3.91. The summed E-state index contributed by atoms with van der Waals surface area (Å²) in [4.78, 5) is 50.5. The normalized spacial score (nSPS) is 19.8. The van der Waals surface area contributed by atoms with Crippen molar-refractivity contribution in [3.63, 3.8) is 0 Å². The molecule has 0 radical (unpaired) electrons. The second-order valence-electron chi connectivity index (χ2n) is 11.3. The van der Waals surface area contributed by atoms with Crippen molar-refractivity contribution in [2.24, 2.45) is 5.41 Å². The Morgan fingerprint density at radius 3 is 2.55 bits per heavy atom. The molecule has 3 amide bonds. The van der Waals surface area contributed by atoms with Crippen LogP contribution in [0.3, 0.4) is 0 Å². The fraction of sp³-hybridized carbons (Fsp3) is 0.517. The highest BCUT2D eigenvalue weighted by Gasteiger charge is 2.45. The lowest BCUT2D eigenvalue weighted by atomic mass is 9.91. The van der Waals surface area contributed by atoms with E-state index in [0.29, 0.717) is 38.0 Å². The first-order valence-corrected chi connectivity index (χ1v) is 13.3. The van der Waals surface area contributed by atoms with E-state index in [1.807, 2.05) is 54.8 Å². The molecule has 2 saturated heterocycles. The predicted octanol–water partition coefficient (Wildman–Crippen LogP) is 2.57. The largest absolute Gasteiger partial charge is 0.497 e. The molecule has 2 aliphatic rings. The Morgan fingerprint density at radius 1 is 1.13 bits per heavy atom. The van der Waals surface area contributed by atoms with Crippen LogP contribution in [0.15, 0.2) is 48.8 Å². The van der Waals surface area contributed by atoms with Crippen LogP contribution < -0.4 is 10.1 Å². The summed E-state index contributed by atoms with van der Waals surface area (Å²) in [6, 6.07) is 10.2. The van der Waals surface area contributed by atoms with Crippen LogP contribution in [0, 0.1) is 5.41 Å². The van der Waals surface area contributed by atoms with Crippen LogP contribution in [0.4, 0.5) is 0 Å². The van der Waals surface area contributed by atoms with Crippen molar-refractivity contribution < 1.29 is 19.1 Å². The Morgan fingerprint density at radius 2 is 1.89 bits per heavy atom. The van der Waals surface area contributed by atoms with Gasteiger partial charge in [-0.15, -0.1) is 0 Å². The highest BCUT2D eigenvalue weighted by Crippen LogP contribution is 2.30. The number of hydrogen-bond donors (Lipinski definition) is 1. The van der Waals surface area contributed by atoms with E-state index < -0.39 is 6.04 Å². The average molecular weight is 522 g/mol. The van der Waals surface area contributed by atoms with Crippen LogP contribution >= 0.6 is 0 Å². The Hall–Kier alpha value is -3.46. The summed E-state index contributed by atoms with van der Waals surface area (Å²) in [7, 11) is 1.62. The summed E-state index contributed by atoms with van der Waals surface area (Å²) in [5.41, 5.74) is 1.17. The number of amides is 3. The fourth-order valence-corrected chi connectivity index (χ4v) is 5.19. The molecule has 2 aliphatic heterocycles. The van der Waals surface area contributed by atoms with Crippen molar-refractivity contribution in [2.75, 3.05) is 39.8 Å². The molecule has 2 fully saturated rings. The van der Waals surface area contributed by atoms with Crippen LogP contribution in [-0.4, -0.2) is 89.3 Å². The molecule has 9 heteroatoms. The van der Waals surface area contributed by atoms with E-state index in [9.17, 15) is 14.4 Å². The number of benzene rings is 1. The van der Waals surface area contributed by atoms with Gasteiger partial charge in [0.15, 0.2) is 0 Å². The topological polar surface area (TPSA) is 95.1 Å². The van der Waals surface area contributed by atoms with Gasteiger partial charge in [-0.2, -0.15) is 0 Å². The van der Waals surface area contributed by atoms with Crippen LogP contribution in [-0.2, 0) is 16.1 Å². The molecule has 204 valence electrons. The van der Waals surface area contributed by atoms with E-state index in [-0.39, 0.29) is 35.7 Å². The van der Waals surface area contributed by atoms with E-state index in [4.69, 9.17) is 4.74 Å². The molecule has 9 nitrogen and oxygen atoms in total. The van der Waals surface area contributed by atoms with Gasteiger partial charge in [0.05, 0.1) is 18.7 Å². The second kappa shape index (κ2) is 11.9. The van der Waals surface area contributed by atoms with Crippen molar-refractivity contribution in [3.8, 4) is 5.75 Å². The summed E-state index contributed by atoms with van der Waals surface area (Å²) >= 11 is 0. The molecule has 2 aromatic rings. The lowest BCUT2D eigenvalue weighted by molar-refractivity contribution is -0.137. The fourth-order valence-electron chi connectivity index (χ4n) is 5.19. The number of carbonyl (C=O) groups is 3. The van der Waals surface area contributed by atoms with Crippen molar-refractivity contribution in [2.45, 2.75) is 52.2 Å². The minimum absolute atomic E-state index is 0.00867. The number of nitrogens with one attached hydrogen (secondary N) is 1. The van der Waals surface area contributed by atoms with Gasteiger partial charge in [0.1, 0.15) is 11.8 Å². The number of methoxy groups -OCH3 is 1. The van der Waals surface area contributed by atoms with Gasteiger partial charge in [-0.05, 0) is 41.7 Å². The van der Waals surface area contributed by atoms with E-state index in [1.54, 1.807) is 30.3 Å². The lowest BCUT2D eigenvalue weighted by Crippen LogP contribution is -2.53. The number of piperazine rings is 1. The molecule has 1 aromatic heterocycles. The van der Waals surface area contributed by atoms with E-state index in [1.165, 1.54) is 6.20 Å². The quantitative estimate of drug-likeness (QED) is 0.602. The van der Waals surface area contributed by atoms with Crippen LogP contribution in [0.5, 0.6) is 5.75 Å². The highest BCUT2D eigenvalue weighted by atomic mass is 16.5. The Balaban J connectivity index is 1.65. The number of ether oxygens (including phenoxy) is 1. The Labute approximate surface area is 225 Å². The average Bonchev–Trinajstić information content (AvgIpc) is 3.36. The molecular formula is C29H39N5O4. The number of hydrogen-bond acceptors (Lipinski definition) is 6. The second-order valence-corrected chi connectivity index (χ2v) is 11.3. The number of nitrogens with zero attached hydrogens (tertiary/aromatic N) is 4. The zero-order valence-corrected chi connectivity index (χ0v) is 22.9. The number of likely N-dealkylation sites (tertiary alicyclic amines) is 1. The van der Waals surface area contributed by atoms with Crippen molar-refractivity contribution >= 4 is 17.7 Å². The van der Waals surface area contributed by atoms with E-state index in [0.717, 1.165) is 24.4 Å². The maximum Gasteiger partial charge on any atom is 0.256 e. The molecule has 0 bridgehead atoms. The third-order valence-electron chi connectivity index (χ3n) is 7.09. The van der Waals surface area contributed by atoms with Gasteiger partial charge in [-0.3, -0.25) is 19.4 Å². The molecule has 3 heterocycles. The minimum Gasteiger partial charge on any atom is -0.497 e. The van der Waals surface area contributed by atoms with Gasteiger partial charge in [0.2, 0.25) is 11.8 Å². The summed E-state index contributed by atoms with van der Waals surface area (Å²) in [6.45, 7) is 9.44. The van der Waals surface area contributed by atoms with Gasteiger partial charge in [-0.25, -0.2) is 0 Å². The number of aromatic nitrogens is 1. The van der Waals surface area contributed by atoms with Crippen LogP contribution in [0.1, 0.15) is 49.5 Å². The molecule has 0 saturated carbocycles. The third kappa shape index (κ3) is 6.69. The molecule has 4 rings (SSSR count). The van der Waals surface area contributed by atoms with E-state index in [2.05, 4.69) is 10.3 Å². The third-order valence-corrected chi connectivity index (χ3v) is 7.09. The van der Waals surface area contributed by atoms with Gasteiger partial charge >= 0.3 is 0 Å². The monoisotopic (exact) mass is 521 g/mol. The summed E-state index contributed by atoms with van der Waals surface area (Å²) in [5, 5.41) is 3.27. The highest BCUT2D eigenvalue weighted by molar-refractivity contribution is 5.98. The molecule has 2 unspecified atom stereocenters. The lowest BCUT2D eigenvalue weighted by Gasteiger charge is -2.32. The molecule has 1 aromatic carbocycles. The molecule has 2 atom stereocenters. The van der Waals surface area contributed by atoms with E-state index >= 15 is 0 Å². The van der Waals surface area contributed by atoms with Crippen LogP contribution in [0.25, 0.3) is 0 Å². The minimum atomic E-state index is -0.638. The Bertz CT molecular complexity index is 1130. The molecule has 38 heavy (non-hydrogen) atoms. The summed E-state index contributed by atoms with van der Waals surface area (Å²) < 4.78 is 5.40. The van der Waals surface area contributed by atoms with Gasteiger partial charge in [0.25, 0.3) is 5.91 Å². The zero-order valence-electron chi connectivity index (χ0n) is 22.9. The first kappa shape index (κ1) is 27.6. The molecular weight excluding hydrogens is 482 g/mol. The summed E-state index contributed by atoms with van der Waals surface area (Å²) in [5.74, 6) is 0.432.